The van der Waals surface area contributed by atoms with Crippen LogP contribution in [0.4, 0.5) is 10.9 Å². The lowest BCUT2D eigenvalue weighted by Crippen LogP contribution is -2.15. The summed E-state index contributed by atoms with van der Waals surface area (Å²) in [6.45, 7) is 1.20. The molecule has 0 spiro atoms. The fraction of sp³-hybridized carbons (Fsp3) is 0.357. The van der Waals surface area contributed by atoms with Gasteiger partial charge < -0.3 is 20.5 Å². The van der Waals surface area contributed by atoms with Gasteiger partial charge in [0.25, 0.3) is 0 Å². The molecule has 10 heteroatoms. The molecule has 1 amide bonds. The van der Waals surface area contributed by atoms with Gasteiger partial charge in [-0.3, -0.25) is 4.79 Å². The number of hydrogen-bond acceptors (Lipinski definition) is 8. The summed E-state index contributed by atoms with van der Waals surface area (Å²) in [7, 11) is 3.95. The van der Waals surface area contributed by atoms with Crippen LogP contribution in [0.2, 0.25) is 0 Å². The van der Waals surface area contributed by atoms with Crippen molar-refractivity contribution in [1.82, 2.24) is 29.4 Å². The lowest BCUT2D eigenvalue weighted by molar-refractivity contribution is -0.116. The molecule has 0 fully saturated rings. The van der Waals surface area contributed by atoms with Crippen LogP contribution in [-0.2, 0) is 17.9 Å². The first-order chi connectivity index (χ1) is 11.5. The third kappa shape index (κ3) is 3.66. The van der Waals surface area contributed by atoms with Gasteiger partial charge in [0.05, 0.1) is 12.0 Å². The van der Waals surface area contributed by atoms with Gasteiger partial charge in [0, 0.05) is 24.9 Å². The fourth-order valence-corrected chi connectivity index (χ4v) is 2.94. The van der Waals surface area contributed by atoms with Crippen LogP contribution in [0.5, 0.6) is 0 Å². The van der Waals surface area contributed by atoms with Gasteiger partial charge in [0.2, 0.25) is 5.91 Å². The smallest absolute Gasteiger partial charge is 0.227 e. The molecule has 0 aliphatic carbocycles. The van der Waals surface area contributed by atoms with E-state index in [9.17, 15) is 4.79 Å². The first kappa shape index (κ1) is 16.3. The highest BCUT2D eigenvalue weighted by molar-refractivity contribution is 7.13. The van der Waals surface area contributed by atoms with E-state index in [4.69, 9.17) is 5.73 Å². The quantitative estimate of drug-likeness (QED) is 0.683. The molecule has 3 N–H and O–H groups in total. The number of fused-ring (bicyclic) bond motifs is 1. The predicted molar refractivity (Wildman–Crippen MR) is 92.5 cm³/mol. The van der Waals surface area contributed by atoms with Gasteiger partial charge in [0.15, 0.2) is 16.6 Å². The third-order valence-corrected chi connectivity index (χ3v) is 4.09. The van der Waals surface area contributed by atoms with Crippen molar-refractivity contribution in [2.45, 2.75) is 19.5 Å². The summed E-state index contributed by atoms with van der Waals surface area (Å²) >= 11 is 1.42. The molecule has 3 rings (SSSR count). The summed E-state index contributed by atoms with van der Waals surface area (Å²) in [4.78, 5) is 30.7. The van der Waals surface area contributed by atoms with E-state index in [1.165, 1.54) is 17.7 Å². The normalized spacial score (nSPS) is 11.3. The van der Waals surface area contributed by atoms with Gasteiger partial charge in [-0.15, -0.1) is 11.3 Å². The van der Waals surface area contributed by atoms with Crippen LogP contribution < -0.4 is 11.1 Å². The maximum atomic E-state index is 12.1. The van der Waals surface area contributed by atoms with E-state index in [2.05, 4.69) is 25.3 Å². The molecule has 0 saturated carbocycles. The average molecular weight is 346 g/mol. The second kappa shape index (κ2) is 6.89. The maximum Gasteiger partial charge on any atom is 0.227 e. The molecule has 0 unspecified atom stereocenters. The Hall–Kier alpha value is -2.59. The highest BCUT2D eigenvalue weighted by atomic mass is 32.1. The van der Waals surface area contributed by atoms with Gasteiger partial charge >= 0.3 is 0 Å². The Bertz CT molecular complexity index is 855. The lowest BCUT2D eigenvalue weighted by atomic mass is 10.4. The van der Waals surface area contributed by atoms with Crippen molar-refractivity contribution in [3.63, 3.8) is 0 Å². The number of nitrogens with two attached hydrogens (primary N) is 1. The van der Waals surface area contributed by atoms with E-state index in [0.29, 0.717) is 28.7 Å². The largest absolute Gasteiger partial charge is 0.382 e. The predicted octanol–water partition coefficient (Wildman–Crippen LogP) is 0.955. The van der Waals surface area contributed by atoms with Crippen molar-refractivity contribution in [2.24, 2.45) is 0 Å². The number of nitrogens with one attached hydrogen (secondary N) is 1. The monoisotopic (exact) mass is 346 g/mol. The fourth-order valence-electron chi connectivity index (χ4n) is 2.23. The highest BCUT2D eigenvalue weighted by Gasteiger charge is 2.11. The zero-order valence-corrected chi connectivity index (χ0v) is 14.2. The number of amides is 1. The molecule has 0 radical (unpaired) electrons. The summed E-state index contributed by atoms with van der Waals surface area (Å²) in [6, 6.07) is 0. The van der Waals surface area contributed by atoms with Crippen molar-refractivity contribution >= 4 is 39.4 Å². The second-order valence-electron chi connectivity index (χ2n) is 5.55. The Labute approximate surface area is 142 Å². The van der Waals surface area contributed by atoms with E-state index in [1.807, 2.05) is 24.4 Å². The number of rotatable bonds is 6. The van der Waals surface area contributed by atoms with E-state index in [-0.39, 0.29) is 12.3 Å². The van der Waals surface area contributed by atoms with E-state index >= 15 is 0 Å². The lowest BCUT2D eigenvalue weighted by Gasteiger charge is -2.06. The molecule has 3 heterocycles. The number of carbonyl (C=O) groups is 1. The van der Waals surface area contributed by atoms with Crippen LogP contribution in [0.3, 0.4) is 0 Å². The molecular weight excluding hydrogens is 328 g/mol. The van der Waals surface area contributed by atoms with E-state index in [1.54, 1.807) is 10.9 Å². The van der Waals surface area contributed by atoms with Crippen molar-refractivity contribution in [3.8, 4) is 0 Å². The van der Waals surface area contributed by atoms with Crippen LogP contribution in [0, 0.1) is 0 Å². The maximum absolute atomic E-state index is 12.1. The summed E-state index contributed by atoms with van der Waals surface area (Å²) in [6.07, 6.45) is 3.29. The molecule has 0 aliphatic rings. The summed E-state index contributed by atoms with van der Waals surface area (Å²) in [5.41, 5.74) is 7.86. The number of aromatic nitrogens is 5. The number of hydrogen-bond donors (Lipinski definition) is 2. The Kier molecular flexibility index (Phi) is 4.67. The number of imidazole rings is 1. The summed E-state index contributed by atoms with van der Waals surface area (Å²) in [5, 5.41) is 5.37. The Morgan fingerprint density at radius 1 is 1.38 bits per heavy atom. The van der Waals surface area contributed by atoms with Crippen molar-refractivity contribution in [3.05, 3.63) is 23.7 Å². The topological polar surface area (TPSA) is 115 Å². The highest BCUT2D eigenvalue weighted by Crippen LogP contribution is 2.17. The molecule has 0 aromatic carbocycles. The Balaban J connectivity index is 1.59. The van der Waals surface area contributed by atoms with Gasteiger partial charge in [-0.25, -0.2) is 19.9 Å². The van der Waals surface area contributed by atoms with Crippen molar-refractivity contribution < 1.29 is 4.79 Å². The molecular formula is C14H18N8OS. The standard InChI is InChI=1S/C14H18N8OS/c1-21(2)5-9-6-24-14(19-9)20-10(23)3-4-22-8-18-11-12(15)16-7-17-13(11)22/h6-8H,3-5H2,1-2H3,(H2,15,16,17)(H,19,20,23). The van der Waals surface area contributed by atoms with Crippen LogP contribution >= 0.6 is 11.3 Å². The summed E-state index contributed by atoms with van der Waals surface area (Å²) < 4.78 is 1.78. The minimum absolute atomic E-state index is 0.107. The van der Waals surface area contributed by atoms with Gasteiger partial charge in [-0.05, 0) is 14.1 Å². The number of thiazole rings is 1. The van der Waals surface area contributed by atoms with Crippen LogP contribution in [0.25, 0.3) is 11.2 Å². The molecule has 0 bridgehead atoms. The number of aryl methyl sites for hydroxylation is 1. The number of anilines is 2. The Morgan fingerprint density at radius 2 is 2.21 bits per heavy atom. The van der Waals surface area contributed by atoms with Gasteiger partial charge in [0.1, 0.15) is 11.8 Å². The molecule has 3 aromatic rings. The Morgan fingerprint density at radius 3 is 3.00 bits per heavy atom. The molecule has 24 heavy (non-hydrogen) atoms. The second-order valence-corrected chi connectivity index (χ2v) is 6.41. The first-order valence-corrected chi connectivity index (χ1v) is 8.21. The van der Waals surface area contributed by atoms with Gasteiger partial charge in [-0.1, -0.05) is 0 Å². The minimum Gasteiger partial charge on any atom is -0.382 e. The number of nitrogen functional groups attached to an aromatic ring is 1. The first-order valence-electron chi connectivity index (χ1n) is 7.33. The number of carbonyl (C=O) groups excluding carboxylic acids is 1. The number of nitrogens with zero attached hydrogens (tertiary/aromatic N) is 6. The molecule has 9 nitrogen and oxygen atoms in total. The minimum atomic E-state index is -0.107. The zero-order valence-electron chi connectivity index (χ0n) is 13.4. The molecule has 0 atom stereocenters. The van der Waals surface area contributed by atoms with Crippen LogP contribution in [-0.4, -0.2) is 49.4 Å². The molecule has 0 aliphatic heterocycles. The van der Waals surface area contributed by atoms with Crippen LogP contribution in [0.15, 0.2) is 18.0 Å². The molecule has 3 aromatic heterocycles. The van der Waals surface area contributed by atoms with E-state index < -0.39 is 0 Å². The third-order valence-electron chi connectivity index (χ3n) is 3.29. The van der Waals surface area contributed by atoms with Crippen molar-refractivity contribution in [2.75, 3.05) is 25.1 Å². The van der Waals surface area contributed by atoms with E-state index in [0.717, 1.165) is 12.2 Å². The molecule has 126 valence electrons. The summed E-state index contributed by atoms with van der Waals surface area (Å²) in [5.74, 6) is 0.226. The van der Waals surface area contributed by atoms with Crippen LogP contribution in [0.1, 0.15) is 12.1 Å². The average Bonchev–Trinajstić information content (AvgIpc) is 3.12. The molecule has 0 saturated heterocycles. The zero-order chi connectivity index (χ0) is 17.1. The SMILES string of the molecule is CN(C)Cc1csc(NC(=O)CCn2cnc3c(N)ncnc32)n1. The van der Waals surface area contributed by atoms with Crippen molar-refractivity contribution in [1.29, 1.82) is 0 Å². The van der Waals surface area contributed by atoms with Gasteiger partial charge in [-0.2, -0.15) is 0 Å².